The Bertz CT molecular complexity index is 1040. The molecule has 1 heterocycles. The molecule has 0 aliphatic heterocycles. The number of aliphatic hydroxyl groups excluding tert-OH is 1. The number of carbonyl (C=O) groups excluding carboxylic acids is 1. The number of pyridine rings is 1. The van der Waals surface area contributed by atoms with Crippen LogP contribution in [0.5, 0.6) is 5.75 Å². The van der Waals surface area contributed by atoms with Crippen molar-refractivity contribution in [1.82, 2.24) is 15.6 Å². The molecular formula is C24H26Cl2FN3O3. The van der Waals surface area contributed by atoms with E-state index in [1.807, 2.05) is 0 Å². The van der Waals surface area contributed by atoms with Crippen molar-refractivity contribution in [2.45, 2.75) is 50.3 Å². The topological polar surface area (TPSA) is 83.5 Å². The van der Waals surface area contributed by atoms with E-state index in [0.717, 1.165) is 12.8 Å². The summed E-state index contributed by atoms with van der Waals surface area (Å²) < 4.78 is 19.2. The van der Waals surface area contributed by atoms with Gasteiger partial charge in [0, 0.05) is 23.5 Å². The largest absolute Gasteiger partial charge is 0.487 e. The molecule has 3 N–H and O–H groups in total. The summed E-state index contributed by atoms with van der Waals surface area (Å²) in [6.07, 6.45) is 3.79. The Hall–Kier alpha value is -2.35. The lowest BCUT2D eigenvalue weighted by atomic mass is 9.55. The molecule has 0 saturated heterocycles. The van der Waals surface area contributed by atoms with Crippen LogP contribution in [0, 0.1) is 11.2 Å². The van der Waals surface area contributed by atoms with Gasteiger partial charge in [-0.15, -0.1) is 0 Å². The SMILES string of the molecule is C=C(COc1ccc(Cl)c(F)c1)NC12CCC(C(=O)NCc3ccc(Cl)cn3)(CC1)C(O)C2. The smallest absolute Gasteiger partial charge is 0.229 e. The first-order valence-electron chi connectivity index (χ1n) is 10.8. The van der Waals surface area contributed by atoms with E-state index in [1.54, 1.807) is 18.2 Å². The van der Waals surface area contributed by atoms with Crippen LogP contribution < -0.4 is 15.4 Å². The molecule has 3 saturated carbocycles. The van der Waals surface area contributed by atoms with Gasteiger partial charge in [-0.05, 0) is 56.4 Å². The Kier molecular flexibility index (Phi) is 6.84. The van der Waals surface area contributed by atoms with Gasteiger partial charge in [-0.25, -0.2) is 4.39 Å². The lowest BCUT2D eigenvalue weighted by Crippen LogP contribution is -2.64. The second-order valence-electron chi connectivity index (χ2n) is 8.90. The molecule has 1 aromatic carbocycles. The number of ether oxygens (including phenoxy) is 1. The van der Waals surface area contributed by atoms with Crippen LogP contribution in [0.25, 0.3) is 0 Å². The molecule has 5 rings (SSSR count). The fourth-order valence-corrected chi connectivity index (χ4v) is 5.07. The molecule has 1 atom stereocenters. The van der Waals surface area contributed by atoms with Crippen molar-refractivity contribution in [3.8, 4) is 5.75 Å². The Balaban J connectivity index is 1.31. The minimum Gasteiger partial charge on any atom is -0.487 e. The van der Waals surface area contributed by atoms with Gasteiger partial charge in [0.2, 0.25) is 5.91 Å². The number of halogens is 3. The molecule has 176 valence electrons. The molecule has 3 aliphatic carbocycles. The van der Waals surface area contributed by atoms with Gasteiger partial charge in [-0.1, -0.05) is 29.8 Å². The van der Waals surface area contributed by atoms with Crippen molar-refractivity contribution >= 4 is 29.1 Å². The van der Waals surface area contributed by atoms with E-state index in [9.17, 15) is 14.3 Å². The highest BCUT2D eigenvalue weighted by Crippen LogP contribution is 2.52. The quantitative estimate of drug-likeness (QED) is 0.507. The molecule has 2 aromatic rings. The highest BCUT2D eigenvalue weighted by molar-refractivity contribution is 6.30. The third kappa shape index (κ3) is 5.10. The molecule has 0 spiro atoms. The summed E-state index contributed by atoms with van der Waals surface area (Å²) >= 11 is 11.6. The molecular weight excluding hydrogens is 468 g/mol. The lowest BCUT2D eigenvalue weighted by molar-refractivity contribution is -0.154. The van der Waals surface area contributed by atoms with Crippen molar-refractivity contribution in [2.75, 3.05) is 6.61 Å². The third-order valence-electron chi connectivity index (χ3n) is 6.74. The minimum atomic E-state index is -0.797. The molecule has 9 heteroatoms. The average molecular weight is 494 g/mol. The standard InChI is InChI=1S/C24H26Cl2FN3O3/c1-15(14-33-18-4-5-19(26)20(27)10-18)30-23-6-8-24(9-7-23,21(31)11-23)22(32)29-13-17-3-2-16(25)12-28-17/h2-5,10,12,21,30-31H,1,6-9,11,13-14H2,(H,29,32). The van der Waals surface area contributed by atoms with Gasteiger partial charge >= 0.3 is 0 Å². The maximum atomic E-state index is 13.6. The summed E-state index contributed by atoms with van der Waals surface area (Å²) in [7, 11) is 0. The maximum absolute atomic E-state index is 13.6. The number of benzene rings is 1. The molecule has 0 radical (unpaired) electrons. The molecule has 1 amide bonds. The molecule has 1 aromatic heterocycles. The lowest BCUT2D eigenvalue weighted by Gasteiger charge is -2.55. The van der Waals surface area contributed by atoms with Crippen molar-refractivity contribution < 1.29 is 19.0 Å². The first-order valence-corrected chi connectivity index (χ1v) is 11.6. The average Bonchev–Trinajstić information content (AvgIpc) is 2.80. The zero-order valence-electron chi connectivity index (χ0n) is 18.0. The van der Waals surface area contributed by atoms with Gasteiger partial charge in [0.25, 0.3) is 0 Å². The van der Waals surface area contributed by atoms with Crippen LogP contribution in [0.15, 0.2) is 48.8 Å². The Morgan fingerprint density at radius 3 is 2.64 bits per heavy atom. The molecule has 6 nitrogen and oxygen atoms in total. The number of aliphatic hydroxyl groups is 1. The third-order valence-corrected chi connectivity index (χ3v) is 7.27. The van der Waals surface area contributed by atoms with Crippen molar-refractivity contribution in [1.29, 1.82) is 0 Å². The summed E-state index contributed by atoms with van der Waals surface area (Å²) in [5.41, 5.74) is 0.197. The molecule has 3 fully saturated rings. The van der Waals surface area contributed by atoms with Gasteiger partial charge in [-0.3, -0.25) is 9.78 Å². The van der Waals surface area contributed by atoms with Gasteiger partial charge in [0.15, 0.2) is 0 Å². The summed E-state index contributed by atoms with van der Waals surface area (Å²) in [4.78, 5) is 17.2. The second kappa shape index (κ2) is 9.49. The highest BCUT2D eigenvalue weighted by Gasteiger charge is 2.57. The predicted octanol–water partition coefficient (Wildman–Crippen LogP) is 4.39. The van der Waals surface area contributed by atoms with Crippen LogP contribution in [0.3, 0.4) is 0 Å². The number of carbonyl (C=O) groups is 1. The first kappa shape index (κ1) is 23.8. The van der Waals surface area contributed by atoms with Gasteiger partial charge in [-0.2, -0.15) is 0 Å². The van der Waals surface area contributed by atoms with Crippen molar-refractivity contribution in [3.63, 3.8) is 0 Å². The monoisotopic (exact) mass is 493 g/mol. The van der Waals surface area contributed by atoms with Crippen LogP contribution in [-0.2, 0) is 11.3 Å². The van der Waals surface area contributed by atoms with E-state index >= 15 is 0 Å². The van der Waals surface area contributed by atoms with Crippen LogP contribution >= 0.6 is 23.2 Å². The summed E-state index contributed by atoms with van der Waals surface area (Å²) in [5.74, 6) is -0.335. The number of rotatable bonds is 8. The number of fused-ring (bicyclic) bond motifs is 3. The minimum absolute atomic E-state index is 0.0357. The van der Waals surface area contributed by atoms with E-state index in [1.165, 1.54) is 18.3 Å². The maximum Gasteiger partial charge on any atom is 0.229 e. The number of hydrogen-bond acceptors (Lipinski definition) is 5. The Labute approximate surface area is 202 Å². The molecule has 1 unspecified atom stereocenters. The van der Waals surface area contributed by atoms with Gasteiger partial charge in [0.05, 0.1) is 33.8 Å². The molecule has 3 aliphatic rings. The number of nitrogens with zero attached hydrogens (tertiary/aromatic N) is 1. The fourth-order valence-electron chi connectivity index (χ4n) is 4.84. The van der Waals surface area contributed by atoms with E-state index in [2.05, 4.69) is 22.2 Å². The fraction of sp³-hybridized carbons (Fsp3) is 0.417. The zero-order valence-corrected chi connectivity index (χ0v) is 19.6. The summed E-state index contributed by atoms with van der Waals surface area (Å²) in [6.45, 7) is 4.46. The highest BCUT2D eigenvalue weighted by atomic mass is 35.5. The normalized spacial score (nSPS) is 26.0. The molecule has 2 bridgehead atoms. The number of aromatic nitrogens is 1. The van der Waals surface area contributed by atoms with E-state index < -0.39 is 17.3 Å². The van der Waals surface area contributed by atoms with Gasteiger partial charge in [0.1, 0.15) is 18.2 Å². The van der Waals surface area contributed by atoms with Gasteiger partial charge < -0.3 is 20.5 Å². The van der Waals surface area contributed by atoms with Crippen LogP contribution in [-0.4, -0.2) is 34.2 Å². The zero-order chi connectivity index (χ0) is 23.6. The first-order chi connectivity index (χ1) is 15.7. The number of hydrogen-bond donors (Lipinski definition) is 3. The van der Waals surface area contributed by atoms with E-state index in [4.69, 9.17) is 27.9 Å². The predicted molar refractivity (Wildman–Crippen MR) is 125 cm³/mol. The Morgan fingerprint density at radius 2 is 2.00 bits per heavy atom. The van der Waals surface area contributed by atoms with E-state index in [-0.39, 0.29) is 29.6 Å². The summed E-state index contributed by atoms with van der Waals surface area (Å²) in [5, 5.41) is 17.9. The van der Waals surface area contributed by atoms with Crippen LogP contribution in [0.1, 0.15) is 37.8 Å². The Morgan fingerprint density at radius 1 is 1.24 bits per heavy atom. The molecule has 33 heavy (non-hydrogen) atoms. The van der Waals surface area contributed by atoms with E-state index in [0.29, 0.717) is 41.4 Å². The summed E-state index contributed by atoms with van der Waals surface area (Å²) in [6, 6.07) is 7.75. The number of nitrogens with one attached hydrogen (secondary N) is 2. The van der Waals surface area contributed by atoms with Crippen molar-refractivity contribution in [3.05, 3.63) is 70.4 Å². The second-order valence-corrected chi connectivity index (χ2v) is 9.74. The van der Waals surface area contributed by atoms with Crippen molar-refractivity contribution in [2.24, 2.45) is 5.41 Å². The number of amides is 1. The van der Waals surface area contributed by atoms with Crippen LogP contribution in [0.2, 0.25) is 10.0 Å². The van der Waals surface area contributed by atoms with Crippen LogP contribution in [0.4, 0.5) is 4.39 Å².